The number of nitrogens with one attached hydrogen (secondary N) is 1. The van der Waals surface area contributed by atoms with Crippen molar-refractivity contribution >= 4 is 44.4 Å². The van der Waals surface area contributed by atoms with Crippen molar-refractivity contribution in [1.82, 2.24) is 9.97 Å². The number of unbranched alkanes of at least 4 members (excludes halogenated alkanes) is 1. The normalized spacial score (nSPS) is 11.5. The Balaban J connectivity index is 1.94. The number of hydrogen-bond acceptors (Lipinski definition) is 2. The smallest absolute Gasteiger partial charge is 0.0711 e. The van der Waals surface area contributed by atoms with Gasteiger partial charge in [-0.3, -0.25) is 4.98 Å². The highest BCUT2D eigenvalue weighted by molar-refractivity contribution is 14.1. The SMILES string of the molecule is Cc1ccc2c(-c3[nH]c4ccc(I)cc4c3CCCCN)cccc2n1. The van der Waals surface area contributed by atoms with Gasteiger partial charge in [0.15, 0.2) is 0 Å². The number of aromatic amines is 1. The molecule has 0 aliphatic heterocycles. The molecule has 0 atom stereocenters. The molecule has 0 fully saturated rings. The van der Waals surface area contributed by atoms with Crippen molar-refractivity contribution in [3.8, 4) is 11.3 Å². The van der Waals surface area contributed by atoms with E-state index in [4.69, 9.17) is 10.7 Å². The van der Waals surface area contributed by atoms with E-state index in [0.29, 0.717) is 0 Å². The van der Waals surface area contributed by atoms with Crippen molar-refractivity contribution in [3.05, 3.63) is 63.4 Å². The van der Waals surface area contributed by atoms with Crippen LogP contribution in [0, 0.1) is 10.5 Å². The standard InChI is InChI=1S/C22H22IN3/c1-14-8-10-16-17(6-4-7-20(16)25-14)22-18(5-2-3-12-24)19-13-15(23)9-11-21(19)26-22/h4,6-11,13,26H,2-3,5,12,24H2,1H3. The summed E-state index contributed by atoms with van der Waals surface area (Å²) in [4.78, 5) is 8.38. The molecule has 3 N–H and O–H groups in total. The monoisotopic (exact) mass is 455 g/mol. The van der Waals surface area contributed by atoms with Gasteiger partial charge in [0, 0.05) is 31.1 Å². The zero-order chi connectivity index (χ0) is 18.1. The van der Waals surface area contributed by atoms with Crippen LogP contribution in [0.3, 0.4) is 0 Å². The third-order valence-electron chi connectivity index (χ3n) is 4.89. The van der Waals surface area contributed by atoms with E-state index < -0.39 is 0 Å². The fourth-order valence-corrected chi connectivity index (χ4v) is 4.12. The summed E-state index contributed by atoms with van der Waals surface area (Å²) in [6, 6.07) is 17.3. The van der Waals surface area contributed by atoms with E-state index in [9.17, 15) is 0 Å². The molecule has 2 aromatic heterocycles. The van der Waals surface area contributed by atoms with Crippen molar-refractivity contribution in [2.24, 2.45) is 5.73 Å². The maximum Gasteiger partial charge on any atom is 0.0711 e. The summed E-state index contributed by atoms with van der Waals surface area (Å²) in [6.07, 6.45) is 3.18. The minimum absolute atomic E-state index is 0.743. The van der Waals surface area contributed by atoms with Gasteiger partial charge in [-0.1, -0.05) is 18.2 Å². The number of rotatable bonds is 5. The second-order valence-electron chi connectivity index (χ2n) is 6.74. The topological polar surface area (TPSA) is 54.7 Å². The molecule has 0 aliphatic rings. The van der Waals surface area contributed by atoms with Crippen LogP contribution in [0.25, 0.3) is 33.1 Å². The maximum atomic E-state index is 5.73. The second kappa shape index (κ2) is 7.37. The first kappa shape index (κ1) is 17.5. The zero-order valence-corrected chi connectivity index (χ0v) is 17.0. The number of nitrogens with zero attached hydrogens (tertiary/aromatic N) is 1. The Bertz CT molecular complexity index is 1080. The molecule has 0 bridgehead atoms. The van der Waals surface area contributed by atoms with Gasteiger partial charge in [0.05, 0.1) is 11.2 Å². The van der Waals surface area contributed by atoms with Gasteiger partial charge in [-0.05, 0) is 91.2 Å². The van der Waals surface area contributed by atoms with Gasteiger partial charge >= 0.3 is 0 Å². The summed E-state index contributed by atoms with van der Waals surface area (Å²) in [5.74, 6) is 0. The molecule has 0 aliphatic carbocycles. The summed E-state index contributed by atoms with van der Waals surface area (Å²) >= 11 is 2.39. The lowest BCUT2D eigenvalue weighted by atomic mass is 9.97. The van der Waals surface area contributed by atoms with Crippen molar-refractivity contribution in [3.63, 3.8) is 0 Å². The summed E-state index contributed by atoms with van der Waals surface area (Å²) in [5.41, 5.74) is 12.8. The summed E-state index contributed by atoms with van der Waals surface area (Å²) < 4.78 is 1.26. The van der Waals surface area contributed by atoms with Crippen molar-refractivity contribution < 1.29 is 0 Å². The van der Waals surface area contributed by atoms with Gasteiger partial charge < -0.3 is 10.7 Å². The Hall–Kier alpha value is -1.92. The Morgan fingerprint density at radius 2 is 1.92 bits per heavy atom. The molecule has 2 heterocycles. The summed E-state index contributed by atoms with van der Waals surface area (Å²) in [5, 5.41) is 2.51. The van der Waals surface area contributed by atoms with Crippen LogP contribution in [0.1, 0.15) is 24.1 Å². The number of H-pyrrole nitrogens is 1. The molecule has 4 aromatic rings. The average Bonchev–Trinajstić information content (AvgIpc) is 2.99. The molecule has 3 nitrogen and oxygen atoms in total. The molecule has 26 heavy (non-hydrogen) atoms. The quantitative estimate of drug-likeness (QED) is 0.305. The average molecular weight is 455 g/mol. The third-order valence-corrected chi connectivity index (χ3v) is 5.56. The lowest BCUT2D eigenvalue weighted by Gasteiger charge is -2.09. The van der Waals surface area contributed by atoms with Gasteiger partial charge in [0.1, 0.15) is 0 Å². The number of pyridine rings is 1. The molecule has 0 spiro atoms. The van der Waals surface area contributed by atoms with Crippen LogP contribution >= 0.6 is 22.6 Å². The number of aryl methyl sites for hydroxylation is 2. The van der Waals surface area contributed by atoms with Gasteiger partial charge in [0.25, 0.3) is 0 Å². The van der Waals surface area contributed by atoms with Crippen LogP contribution in [-0.4, -0.2) is 16.5 Å². The highest BCUT2D eigenvalue weighted by atomic mass is 127. The fraction of sp³-hybridized carbons (Fsp3) is 0.227. The molecule has 2 aromatic carbocycles. The molecule has 4 rings (SSSR count). The third kappa shape index (κ3) is 3.23. The van der Waals surface area contributed by atoms with Crippen molar-refractivity contribution in [2.75, 3.05) is 6.54 Å². The van der Waals surface area contributed by atoms with E-state index in [1.165, 1.54) is 36.7 Å². The molecular formula is C22H22IN3. The lowest BCUT2D eigenvalue weighted by Crippen LogP contribution is -1.99. The van der Waals surface area contributed by atoms with Crippen LogP contribution in [0.2, 0.25) is 0 Å². The number of nitrogens with two attached hydrogens (primary N) is 1. The molecule has 4 heteroatoms. The zero-order valence-electron chi connectivity index (χ0n) is 14.8. The van der Waals surface area contributed by atoms with E-state index in [0.717, 1.165) is 37.0 Å². The summed E-state index contributed by atoms with van der Waals surface area (Å²) in [7, 11) is 0. The van der Waals surface area contributed by atoms with Crippen LogP contribution in [-0.2, 0) is 6.42 Å². The minimum atomic E-state index is 0.743. The Morgan fingerprint density at radius 3 is 2.77 bits per heavy atom. The molecule has 0 saturated carbocycles. The van der Waals surface area contributed by atoms with Crippen LogP contribution in [0.5, 0.6) is 0 Å². The van der Waals surface area contributed by atoms with Gasteiger partial charge in [-0.25, -0.2) is 0 Å². The Kier molecular flexibility index (Phi) is 4.96. The van der Waals surface area contributed by atoms with Gasteiger partial charge in [-0.15, -0.1) is 0 Å². The van der Waals surface area contributed by atoms with Crippen LogP contribution in [0.15, 0.2) is 48.5 Å². The van der Waals surface area contributed by atoms with E-state index in [1.807, 2.05) is 6.92 Å². The first-order valence-electron chi connectivity index (χ1n) is 9.04. The summed E-state index contributed by atoms with van der Waals surface area (Å²) in [6.45, 7) is 2.78. The van der Waals surface area contributed by atoms with E-state index in [2.05, 4.69) is 76.1 Å². The van der Waals surface area contributed by atoms with E-state index >= 15 is 0 Å². The molecule has 0 radical (unpaired) electrons. The van der Waals surface area contributed by atoms with Crippen LogP contribution in [0.4, 0.5) is 0 Å². The first-order chi connectivity index (χ1) is 12.7. The van der Waals surface area contributed by atoms with Crippen LogP contribution < -0.4 is 5.73 Å². The van der Waals surface area contributed by atoms with Crippen molar-refractivity contribution in [2.45, 2.75) is 26.2 Å². The predicted octanol–water partition coefficient (Wildman–Crippen LogP) is 5.58. The largest absolute Gasteiger partial charge is 0.354 e. The first-order valence-corrected chi connectivity index (χ1v) is 10.1. The lowest BCUT2D eigenvalue weighted by molar-refractivity contribution is 0.748. The van der Waals surface area contributed by atoms with Gasteiger partial charge in [-0.2, -0.15) is 0 Å². The molecule has 0 amide bonds. The molecule has 0 unspecified atom stereocenters. The molecule has 132 valence electrons. The number of halogens is 1. The Labute approximate surface area is 167 Å². The highest BCUT2D eigenvalue weighted by Crippen LogP contribution is 2.35. The number of fused-ring (bicyclic) bond motifs is 2. The predicted molar refractivity (Wildman–Crippen MR) is 118 cm³/mol. The number of benzene rings is 2. The minimum Gasteiger partial charge on any atom is -0.354 e. The fourth-order valence-electron chi connectivity index (χ4n) is 3.63. The Morgan fingerprint density at radius 1 is 1.04 bits per heavy atom. The number of hydrogen-bond donors (Lipinski definition) is 2. The second-order valence-corrected chi connectivity index (χ2v) is 7.98. The van der Waals surface area contributed by atoms with E-state index in [-0.39, 0.29) is 0 Å². The highest BCUT2D eigenvalue weighted by Gasteiger charge is 2.15. The van der Waals surface area contributed by atoms with Gasteiger partial charge in [0.2, 0.25) is 0 Å². The van der Waals surface area contributed by atoms with E-state index in [1.54, 1.807) is 0 Å². The maximum absolute atomic E-state index is 5.73. The number of aromatic nitrogens is 2. The van der Waals surface area contributed by atoms with Crippen molar-refractivity contribution in [1.29, 1.82) is 0 Å². The molecular weight excluding hydrogens is 433 g/mol. The molecule has 0 saturated heterocycles.